The van der Waals surface area contributed by atoms with E-state index in [1.807, 2.05) is 13.0 Å². The molecule has 1 heterocycles. The topological polar surface area (TPSA) is 110 Å². The largest absolute Gasteiger partial charge is 0.490 e. The monoisotopic (exact) mass is 382 g/mol. The first-order chi connectivity index (χ1) is 13.2. The minimum Gasteiger partial charge on any atom is -0.490 e. The van der Waals surface area contributed by atoms with Crippen molar-refractivity contribution in [1.82, 2.24) is 10.3 Å². The molecule has 1 amide bonds. The van der Waals surface area contributed by atoms with Crippen molar-refractivity contribution < 1.29 is 14.3 Å². The summed E-state index contributed by atoms with van der Waals surface area (Å²) in [5.41, 5.74) is 7.76. The number of aromatic nitrogens is 1. The molecule has 0 aliphatic rings. The van der Waals surface area contributed by atoms with Gasteiger partial charge in [-0.25, -0.2) is 9.78 Å². The van der Waals surface area contributed by atoms with Gasteiger partial charge in [-0.1, -0.05) is 19.9 Å². The first-order valence-corrected chi connectivity index (χ1v) is 9.06. The van der Waals surface area contributed by atoms with Gasteiger partial charge in [-0.2, -0.15) is 5.26 Å². The van der Waals surface area contributed by atoms with E-state index in [0.29, 0.717) is 23.8 Å². The molecule has 1 aromatic heterocycles. The Hall–Kier alpha value is -3.11. The number of amides is 1. The van der Waals surface area contributed by atoms with Crippen LogP contribution < -0.4 is 20.5 Å². The molecule has 0 spiro atoms. The van der Waals surface area contributed by atoms with Crippen LogP contribution in [0.25, 0.3) is 11.1 Å². The molecular formula is C21H26N4O3. The Morgan fingerprint density at radius 3 is 2.68 bits per heavy atom. The summed E-state index contributed by atoms with van der Waals surface area (Å²) in [6, 6.07) is 10.9. The van der Waals surface area contributed by atoms with Crippen LogP contribution in [0.2, 0.25) is 0 Å². The highest BCUT2D eigenvalue weighted by Crippen LogP contribution is 2.28. The van der Waals surface area contributed by atoms with Gasteiger partial charge in [0.15, 0.2) is 0 Å². The second-order valence-electron chi connectivity index (χ2n) is 7.39. The second kappa shape index (κ2) is 9.20. The molecule has 0 saturated carbocycles. The lowest BCUT2D eigenvalue weighted by Gasteiger charge is -2.26. The zero-order chi connectivity index (χ0) is 20.7. The quantitative estimate of drug-likeness (QED) is 0.758. The van der Waals surface area contributed by atoms with Crippen LogP contribution in [-0.2, 0) is 0 Å². The smallest absolute Gasteiger partial charge is 0.413 e. The number of nitrogens with zero attached hydrogens (tertiary/aromatic N) is 2. The van der Waals surface area contributed by atoms with E-state index in [1.165, 1.54) is 13.2 Å². The predicted octanol–water partition coefficient (Wildman–Crippen LogP) is 3.48. The Labute approximate surface area is 165 Å². The summed E-state index contributed by atoms with van der Waals surface area (Å²) in [6.45, 7) is 6.48. The Balaban J connectivity index is 2.20. The highest BCUT2D eigenvalue weighted by Gasteiger charge is 2.21. The Morgan fingerprint density at radius 1 is 1.32 bits per heavy atom. The maximum atomic E-state index is 11.4. The summed E-state index contributed by atoms with van der Waals surface area (Å²) in [4.78, 5) is 15.4. The van der Waals surface area contributed by atoms with Crippen LogP contribution in [0.15, 0.2) is 36.5 Å². The summed E-state index contributed by atoms with van der Waals surface area (Å²) in [5.74, 6) is 1.11. The molecule has 2 aromatic rings. The third kappa shape index (κ3) is 5.96. The standard InChI is InChI=1S/C21H26N4O3/c1-14(2)11-21(3,23)13-27-18-6-5-15(9-17(18)12-22)16-7-8-25-19(10-16)28-20(26)24-4/h5-10,14H,11,13,23H2,1-4H3,(H,24,26)/t21-/m0/s1. The number of rotatable bonds is 7. The molecule has 7 nitrogen and oxygen atoms in total. The molecular weight excluding hydrogens is 356 g/mol. The second-order valence-corrected chi connectivity index (χ2v) is 7.39. The van der Waals surface area contributed by atoms with E-state index in [2.05, 4.69) is 30.2 Å². The molecule has 1 atom stereocenters. The van der Waals surface area contributed by atoms with Crippen molar-refractivity contribution in [3.8, 4) is 28.8 Å². The zero-order valence-electron chi connectivity index (χ0n) is 16.7. The van der Waals surface area contributed by atoms with Gasteiger partial charge in [0.2, 0.25) is 5.88 Å². The van der Waals surface area contributed by atoms with Crippen molar-refractivity contribution in [2.24, 2.45) is 11.7 Å². The van der Waals surface area contributed by atoms with Crippen LogP contribution >= 0.6 is 0 Å². The van der Waals surface area contributed by atoms with Gasteiger partial charge in [-0.05, 0) is 48.6 Å². The average molecular weight is 382 g/mol. The van der Waals surface area contributed by atoms with E-state index < -0.39 is 11.6 Å². The SMILES string of the molecule is CNC(=O)Oc1cc(-c2ccc(OC[C@@](C)(N)CC(C)C)c(C#N)c2)ccn1. The number of pyridine rings is 1. The summed E-state index contributed by atoms with van der Waals surface area (Å²) in [6.07, 6.45) is 1.76. The van der Waals surface area contributed by atoms with Crippen LogP contribution in [0.4, 0.5) is 4.79 Å². The number of nitrogens with two attached hydrogens (primary N) is 1. The van der Waals surface area contributed by atoms with E-state index in [9.17, 15) is 10.1 Å². The van der Waals surface area contributed by atoms with Gasteiger partial charge in [0.1, 0.15) is 18.4 Å². The number of hydrogen-bond donors (Lipinski definition) is 2. The molecule has 28 heavy (non-hydrogen) atoms. The molecule has 7 heteroatoms. The minimum atomic E-state index is -0.600. The number of hydrogen-bond acceptors (Lipinski definition) is 6. The summed E-state index contributed by atoms with van der Waals surface area (Å²) in [5, 5.41) is 11.9. The first-order valence-electron chi connectivity index (χ1n) is 9.06. The number of benzene rings is 1. The molecule has 0 aliphatic carbocycles. The third-order valence-electron chi connectivity index (χ3n) is 4.00. The maximum Gasteiger partial charge on any atom is 0.413 e. The normalized spacial score (nSPS) is 12.8. The molecule has 0 saturated heterocycles. The van der Waals surface area contributed by atoms with Crippen molar-refractivity contribution in [2.45, 2.75) is 32.7 Å². The van der Waals surface area contributed by atoms with Crippen LogP contribution in [0.3, 0.4) is 0 Å². The molecule has 0 fully saturated rings. The lowest BCUT2D eigenvalue weighted by atomic mass is 9.93. The van der Waals surface area contributed by atoms with Gasteiger partial charge in [0.05, 0.1) is 5.56 Å². The van der Waals surface area contributed by atoms with Gasteiger partial charge >= 0.3 is 6.09 Å². The maximum absolute atomic E-state index is 11.4. The van der Waals surface area contributed by atoms with E-state index in [4.69, 9.17) is 15.2 Å². The number of ether oxygens (including phenoxy) is 2. The molecule has 3 N–H and O–H groups in total. The summed E-state index contributed by atoms with van der Waals surface area (Å²) in [7, 11) is 1.47. The van der Waals surface area contributed by atoms with Crippen molar-refractivity contribution in [3.63, 3.8) is 0 Å². The van der Waals surface area contributed by atoms with Crippen LogP contribution in [-0.4, -0.2) is 30.3 Å². The molecule has 0 aliphatic heterocycles. The number of carbonyl (C=O) groups is 1. The van der Waals surface area contributed by atoms with Gasteiger partial charge < -0.3 is 20.5 Å². The fraction of sp³-hybridized carbons (Fsp3) is 0.381. The van der Waals surface area contributed by atoms with Gasteiger partial charge in [-0.15, -0.1) is 0 Å². The molecule has 1 aromatic carbocycles. The summed E-state index contributed by atoms with van der Waals surface area (Å²) >= 11 is 0. The van der Waals surface area contributed by atoms with Crippen molar-refractivity contribution in [2.75, 3.05) is 13.7 Å². The minimum absolute atomic E-state index is 0.170. The molecule has 0 unspecified atom stereocenters. The van der Waals surface area contributed by atoms with E-state index in [0.717, 1.165) is 17.5 Å². The molecule has 148 valence electrons. The molecule has 2 rings (SSSR count). The zero-order valence-corrected chi connectivity index (χ0v) is 16.7. The molecule has 0 radical (unpaired) electrons. The average Bonchev–Trinajstić information content (AvgIpc) is 2.65. The van der Waals surface area contributed by atoms with E-state index >= 15 is 0 Å². The van der Waals surface area contributed by atoms with Gasteiger partial charge in [-0.3, -0.25) is 0 Å². The Bertz CT molecular complexity index is 872. The van der Waals surface area contributed by atoms with Crippen LogP contribution in [0, 0.1) is 17.2 Å². The van der Waals surface area contributed by atoms with E-state index in [1.54, 1.807) is 24.3 Å². The summed E-state index contributed by atoms with van der Waals surface area (Å²) < 4.78 is 10.9. The van der Waals surface area contributed by atoms with Gasteiger partial charge in [0.25, 0.3) is 0 Å². The highest BCUT2D eigenvalue weighted by atomic mass is 16.6. The number of carbonyl (C=O) groups excluding carboxylic acids is 1. The van der Waals surface area contributed by atoms with Crippen molar-refractivity contribution in [1.29, 1.82) is 5.26 Å². The lowest BCUT2D eigenvalue weighted by Crippen LogP contribution is -2.43. The number of nitriles is 1. The molecule has 0 bridgehead atoms. The van der Waals surface area contributed by atoms with Crippen LogP contribution in [0.5, 0.6) is 11.6 Å². The Morgan fingerprint density at radius 2 is 2.04 bits per heavy atom. The number of nitrogens with one attached hydrogen (secondary N) is 1. The first kappa shape index (κ1) is 21.2. The van der Waals surface area contributed by atoms with Gasteiger partial charge in [0, 0.05) is 24.8 Å². The fourth-order valence-corrected chi connectivity index (χ4v) is 2.95. The lowest BCUT2D eigenvalue weighted by molar-refractivity contribution is 0.201. The third-order valence-corrected chi connectivity index (χ3v) is 4.00. The van der Waals surface area contributed by atoms with Crippen LogP contribution in [0.1, 0.15) is 32.8 Å². The predicted molar refractivity (Wildman–Crippen MR) is 107 cm³/mol. The Kier molecular flexibility index (Phi) is 6.96. The van der Waals surface area contributed by atoms with Crippen molar-refractivity contribution >= 4 is 6.09 Å². The highest BCUT2D eigenvalue weighted by molar-refractivity contribution is 5.71. The van der Waals surface area contributed by atoms with Crippen molar-refractivity contribution in [3.05, 3.63) is 42.1 Å². The van der Waals surface area contributed by atoms with E-state index in [-0.39, 0.29) is 5.88 Å². The fourth-order valence-electron chi connectivity index (χ4n) is 2.95.